The van der Waals surface area contributed by atoms with Crippen LogP contribution in [0.25, 0.3) is 0 Å². The van der Waals surface area contributed by atoms with E-state index in [0.717, 1.165) is 12.3 Å². The van der Waals surface area contributed by atoms with Crippen LogP contribution in [0.4, 0.5) is 0 Å². The Morgan fingerprint density at radius 1 is 1.53 bits per heavy atom. The molecule has 7 heteroatoms. The molecule has 1 heterocycles. The van der Waals surface area contributed by atoms with Gasteiger partial charge in [0, 0.05) is 30.1 Å². The molecule has 1 rings (SSSR count). The Labute approximate surface area is 99.0 Å². The molecule has 0 spiro atoms. The van der Waals surface area contributed by atoms with Gasteiger partial charge in [-0.05, 0) is 13.0 Å². The number of rotatable bonds is 4. The molecular weight excluding hydrogens is 244 g/mol. The number of hydrogen-bond donors (Lipinski definition) is 2. The van der Waals surface area contributed by atoms with Crippen molar-refractivity contribution in [3.63, 3.8) is 0 Å². The molecule has 0 bridgehead atoms. The van der Waals surface area contributed by atoms with Crippen LogP contribution in [-0.2, 0) is 9.84 Å². The second-order valence-electron chi connectivity index (χ2n) is 3.91. The number of pyridine rings is 1. The van der Waals surface area contributed by atoms with Crippen molar-refractivity contribution in [2.75, 3.05) is 12.0 Å². The molecule has 0 saturated carbocycles. The first kappa shape index (κ1) is 13.4. The fourth-order valence-electron chi connectivity index (χ4n) is 1.39. The highest BCUT2D eigenvalue weighted by molar-refractivity contribution is 7.90. The van der Waals surface area contributed by atoms with E-state index in [4.69, 9.17) is 0 Å². The Morgan fingerprint density at radius 3 is 2.71 bits per heavy atom. The van der Waals surface area contributed by atoms with Crippen molar-refractivity contribution in [3.8, 4) is 0 Å². The highest BCUT2D eigenvalue weighted by atomic mass is 32.2. The predicted molar refractivity (Wildman–Crippen MR) is 63.7 cm³/mol. The van der Waals surface area contributed by atoms with Crippen molar-refractivity contribution in [3.05, 3.63) is 34.2 Å². The van der Waals surface area contributed by atoms with Gasteiger partial charge in [0.1, 0.15) is 9.84 Å². The lowest BCUT2D eigenvalue weighted by molar-refractivity contribution is 0.0943. The van der Waals surface area contributed by atoms with Crippen LogP contribution in [0, 0.1) is 0 Å². The summed E-state index contributed by atoms with van der Waals surface area (Å²) < 4.78 is 22.0. The predicted octanol–water partition coefficient (Wildman–Crippen LogP) is -0.462. The van der Waals surface area contributed by atoms with Crippen LogP contribution in [-0.4, -0.2) is 37.4 Å². The molecule has 0 saturated heterocycles. The van der Waals surface area contributed by atoms with Crippen LogP contribution in [0.3, 0.4) is 0 Å². The zero-order chi connectivity index (χ0) is 13.1. The number of carbonyl (C=O) groups is 1. The first-order chi connectivity index (χ1) is 7.78. The first-order valence-corrected chi connectivity index (χ1v) is 7.01. The summed E-state index contributed by atoms with van der Waals surface area (Å²) in [7, 11) is -3.14. The lowest BCUT2D eigenvalue weighted by Gasteiger charge is -2.12. The Kier molecular flexibility index (Phi) is 4.06. The number of aromatic nitrogens is 1. The molecule has 0 aliphatic heterocycles. The van der Waals surface area contributed by atoms with E-state index in [1.54, 1.807) is 6.92 Å². The summed E-state index contributed by atoms with van der Waals surface area (Å²) in [6.45, 7) is 1.59. The molecule has 6 nitrogen and oxygen atoms in total. The van der Waals surface area contributed by atoms with Gasteiger partial charge >= 0.3 is 0 Å². The molecule has 0 aliphatic carbocycles. The van der Waals surface area contributed by atoms with Gasteiger partial charge in [-0.1, -0.05) is 0 Å². The van der Waals surface area contributed by atoms with Gasteiger partial charge in [0.2, 0.25) is 5.56 Å². The molecule has 0 aliphatic rings. The highest BCUT2D eigenvalue weighted by Gasteiger charge is 2.14. The van der Waals surface area contributed by atoms with Gasteiger partial charge in [0.15, 0.2) is 0 Å². The molecule has 0 aromatic carbocycles. The molecule has 0 radical (unpaired) electrons. The van der Waals surface area contributed by atoms with Crippen molar-refractivity contribution in [1.82, 2.24) is 10.3 Å². The van der Waals surface area contributed by atoms with Gasteiger partial charge in [0.25, 0.3) is 5.91 Å². The summed E-state index contributed by atoms with van der Waals surface area (Å²) >= 11 is 0. The summed E-state index contributed by atoms with van der Waals surface area (Å²) in [5.74, 6) is -0.602. The Bertz CT molecular complexity index is 562. The molecule has 2 N–H and O–H groups in total. The number of amides is 1. The Balaban J connectivity index is 2.70. The first-order valence-electron chi connectivity index (χ1n) is 4.95. The maximum Gasteiger partial charge on any atom is 0.251 e. The van der Waals surface area contributed by atoms with Gasteiger partial charge < -0.3 is 10.3 Å². The molecule has 17 heavy (non-hydrogen) atoms. The third kappa shape index (κ3) is 4.81. The number of sulfone groups is 1. The molecule has 1 aromatic rings. The topological polar surface area (TPSA) is 96.1 Å². The van der Waals surface area contributed by atoms with Crippen molar-refractivity contribution in [2.45, 2.75) is 13.0 Å². The van der Waals surface area contributed by atoms with Crippen molar-refractivity contribution in [2.24, 2.45) is 0 Å². The van der Waals surface area contributed by atoms with E-state index in [9.17, 15) is 18.0 Å². The van der Waals surface area contributed by atoms with E-state index in [0.29, 0.717) is 0 Å². The number of carbonyl (C=O) groups excluding carboxylic acids is 1. The van der Waals surface area contributed by atoms with Gasteiger partial charge in [-0.25, -0.2) is 8.42 Å². The van der Waals surface area contributed by atoms with Crippen LogP contribution < -0.4 is 10.9 Å². The SMILES string of the molecule is CC(CS(C)(=O)=O)NC(=O)c1cc[nH]c(=O)c1. The van der Waals surface area contributed by atoms with Gasteiger partial charge in [-0.15, -0.1) is 0 Å². The van der Waals surface area contributed by atoms with Crippen LogP contribution in [0.15, 0.2) is 23.1 Å². The van der Waals surface area contributed by atoms with Crippen molar-refractivity contribution in [1.29, 1.82) is 0 Å². The van der Waals surface area contributed by atoms with E-state index >= 15 is 0 Å². The van der Waals surface area contributed by atoms with Crippen LogP contribution in [0.5, 0.6) is 0 Å². The Hall–Kier alpha value is -1.63. The number of hydrogen-bond acceptors (Lipinski definition) is 4. The Morgan fingerprint density at radius 2 is 2.18 bits per heavy atom. The van der Waals surface area contributed by atoms with E-state index in [2.05, 4.69) is 10.3 Å². The minimum Gasteiger partial charge on any atom is -0.349 e. The summed E-state index contributed by atoms with van der Waals surface area (Å²) in [4.78, 5) is 25.0. The minimum absolute atomic E-state index is 0.137. The fraction of sp³-hybridized carbons (Fsp3) is 0.400. The number of H-pyrrole nitrogens is 1. The average molecular weight is 258 g/mol. The van der Waals surface area contributed by atoms with Crippen LogP contribution in [0.1, 0.15) is 17.3 Å². The van der Waals surface area contributed by atoms with Gasteiger partial charge in [-0.3, -0.25) is 9.59 Å². The quantitative estimate of drug-likeness (QED) is 0.763. The van der Waals surface area contributed by atoms with Gasteiger partial charge in [-0.2, -0.15) is 0 Å². The maximum absolute atomic E-state index is 11.6. The van der Waals surface area contributed by atoms with Gasteiger partial charge in [0.05, 0.1) is 5.75 Å². The lowest BCUT2D eigenvalue weighted by Crippen LogP contribution is -2.37. The third-order valence-electron chi connectivity index (χ3n) is 1.97. The molecule has 0 fully saturated rings. The normalized spacial score (nSPS) is 13.1. The third-order valence-corrected chi connectivity index (χ3v) is 3.07. The standard InChI is InChI=1S/C10H14N2O4S/c1-7(6-17(2,15)16)12-10(14)8-3-4-11-9(13)5-8/h3-5,7H,6H2,1-2H3,(H,11,13)(H,12,14). The smallest absolute Gasteiger partial charge is 0.251 e. The highest BCUT2D eigenvalue weighted by Crippen LogP contribution is 1.96. The van der Waals surface area contributed by atoms with Crippen LogP contribution in [0.2, 0.25) is 0 Å². The van der Waals surface area contributed by atoms with E-state index in [-0.39, 0.29) is 16.9 Å². The minimum atomic E-state index is -3.14. The second-order valence-corrected chi connectivity index (χ2v) is 6.09. The zero-order valence-corrected chi connectivity index (χ0v) is 10.4. The van der Waals surface area contributed by atoms with Crippen molar-refractivity contribution >= 4 is 15.7 Å². The monoisotopic (exact) mass is 258 g/mol. The maximum atomic E-state index is 11.6. The molecule has 1 unspecified atom stereocenters. The number of aromatic amines is 1. The molecule has 1 amide bonds. The average Bonchev–Trinajstić information content (AvgIpc) is 2.14. The van der Waals surface area contributed by atoms with Crippen LogP contribution >= 0.6 is 0 Å². The van der Waals surface area contributed by atoms with E-state index in [1.807, 2.05) is 0 Å². The molecule has 1 atom stereocenters. The summed E-state index contributed by atoms with van der Waals surface area (Å²) in [6.07, 6.45) is 2.46. The summed E-state index contributed by atoms with van der Waals surface area (Å²) in [5.41, 5.74) is -0.178. The molecular formula is C10H14N2O4S. The molecule has 1 aromatic heterocycles. The lowest BCUT2D eigenvalue weighted by atomic mass is 10.2. The fourth-order valence-corrected chi connectivity index (χ4v) is 2.38. The van der Waals surface area contributed by atoms with Crippen molar-refractivity contribution < 1.29 is 13.2 Å². The molecule has 94 valence electrons. The summed E-state index contributed by atoms with van der Waals surface area (Å²) in [5, 5.41) is 2.51. The van der Waals surface area contributed by atoms with E-state index in [1.165, 1.54) is 12.3 Å². The zero-order valence-electron chi connectivity index (χ0n) is 9.56. The largest absolute Gasteiger partial charge is 0.349 e. The summed E-state index contributed by atoms with van der Waals surface area (Å²) in [6, 6.07) is 2.10. The van der Waals surface area contributed by atoms with E-state index < -0.39 is 21.8 Å². The second kappa shape index (κ2) is 5.13. The number of nitrogens with one attached hydrogen (secondary N) is 2.